The molecule has 0 aromatic rings. The summed E-state index contributed by atoms with van der Waals surface area (Å²) in [6.07, 6.45) is 8.44. The number of hydrazine groups is 1. The second-order valence-corrected chi connectivity index (χ2v) is 7.93. The van der Waals surface area contributed by atoms with E-state index >= 15 is 0 Å². The van der Waals surface area contributed by atoms with E-state index in [1.54, 1.807) is 0 Å². The van der Waals surface area contributed by atoms with Crippen LogP contribution in [-0.2, 0) is 4.79 Å². The highest BCUT2D eigenvalue weighted by molar-refractivity contribution is 7.80. The molecule has 0 spiro atoms. The Morgan fingerprint density at radius 2 is 1.89 bits per heavy atom. The Kier molecular flexibility index (Phi) is 3.00. The lowest BCUT2D eigenvalue weighted by Gasteiger charge is -2.61. The molecule has 0 radical (unpaired) electrons. The van der Waals surface area contributed by atoms with Crippen LogP contribution in [0.5, 0.6) is 0 Å². The molecule has 4 saturated carbocycles. The third kappa shape index (κ3) is 2.57. The van der Waals surface area contributed by atoms with E-state index in [2.05, 4.69) is 17.8 Å². The summed E-state index contributed by atoms with van der Waals surface area (Å²) in [7, 11) is 0. The molecule has 4 N–H and O–H groups in total. The van der Waals surface area contributed by atoms with Gasteiger partial charge in [0.25, 0.3) is 0 Å². The zero-order valence-electron chi connectivity index (χ0n) is 11.5. The first-order chi connectivity index (χ1) is 8.88. The van der Waals surface area contributed by atoms with Crippen molar-refractivity contribution in [2.75, 3.05) is 0 Å². The minimum absolute atomic E-state index is 0.0263. The van der Waals surface area contributed by atoms with Crippen LogP contribution in [0.15, 0.2) is 0 Å². The fraction of sp³-hybridized carbons (Fsp3) is 0.857. The monoisotopic (exact) mass is 281 g/mol. The predicted octanol–water partition coefficient (Wildman–Crippen LogP) is 1.85. The normalized spacial score (nSPS) is 43.0. The summed E-state index contributed by atoms with van der Waals surface area (Å²) in [5.41, 5.74) is 11.2. The molecule has 0 aromatic carbocycles. The molecule has 0 saturated heterocycles. The maximum atomic E-state index is 12.0. The van der Waals surface area contributed by atoms with Gasteiger partial charge in [0, 0.05) is 6.42 Å². The van der Waals surface area contributed by atoms with E-state index in [-0.39, 0.29) is 16.4 Å². The summed E-state index contributed by atoms with van der Waals surface area (Å²) in [5.74, 6) is 1.73. The molecular weight excluding hydrogens is 258 g/mol. The molecule has 4 bridgehead atoms. The summed E-state index contributed by atoms with van der Waals surface area (Å²) in [5, 5.41) is 0.117. The molecule has 0 aromatic heterocycles. The third-order valence-corrected chi connectivity index (χ3v) is 5.44. The van der Waals surface area contributed by atoms with Crippen LogP contribution in [0, 0.1) is 22.7 Å². The number of nitrogens with one attached hydrogen (secondary N) is 2. The number of amides is 1. The van der Waals surface area contributed by atoms with Crippen LogP contribution in [0.4, 0.5) is 0 Å². The van der Waals surface area contributed by atoms with Crippen molar-refractivity contribution in [3.63, 3.8) is 0 Å². The van der Waals surface area contributed by atoms with Gasteiger partial charge in [-0.25, -0.2) is 0 Å². The fourth-order valence-electron chi connectivity index (χ4n) is 5.65. The zero-order valence-corrected chi connectivity index (χ0v) is 12.3. The highest BCUT2D eigenvalue weighted by atomic mass is 32.1. The highest BCUT2D eigenvalue weighted by Crippen LogP contribution is 2.66. The second-order valence-electron chi connectivity index (χ2n) is 7.49. The van der Waals surface area contributed by atoms with Gasteiger partial charge in [-0.15, -0.1) is 0 Å². The number of hydrogen-bond donors (Lipinski definition) is 3. The van der Waals surface area contributed by atoms with Crippen LogP contribution in [-0.4, -0.2) is 11.0 Å². The van der Waals surface area contributed by atoms with Gasteiger partial charge in [0.15, 0.2) is 5.11 Å². The van der Waals surface area contributed by atoms with Gasteiger partial charge in [0.05, 0.1) is 0 Å². The summed E-state index contributed by atoms with van der Waals surface area (Å²) in [6.45, 7) is 2.42. The molecule has 4 aliphatic carbocycles. The van der Waals surface area contributed by atoms with Gasteiger partial charge in [0.1, 0.15) is 0 Å². The summed E-state index contributed by atoms with van der Waals surface area (Å²) in [4.78, 5) is 12.0. The first kappa shape index (κ1) is 13.2. The number of carbonyl (C=O) groups excluding carboxylic acids is 1. The molecule has 0 heterocycles. The van der Waals surface area contributed by atoms with Crippen LogP contribution in [0.1, 0.15) is 51.9 Å². The quantitative estimate of drug-likeness (QED) is 0.534. The van der Waals surface area contributed by atoms with E-state index in [9.17, 15) is 4.79 Å². The second kappa shape index (κ2) is 4.33. The third-order valence-electron chi connectivity index (χ3n) is 5.34. The first-order valence-electron chi connectivity index (χ1n) is 7.22. The Bertz CT molecular complexity index is 409. The van der Waals surface area contributed by atoms with E-state index in [4.69, 9.17) is 18.0 Å². The molecule has 4 rings (SSSR count). The number of thiocarbonyl (C=S) groups is 1. The van der Waals surface area contributed by atoms with Crippen molar-refractivity contribution in [2.24, 2.45) is 28.4 Å². The van der Waals surface area contributed by atoms with Crippen molar-refractivity contribution in [3.8, 4) is 0 Å². The van der Waals surface area contributed by atoms with Gasteiger partial charge in [-0.2, -0.15) is 0 Å². The number of nitrogens with two attached hydrogens (primary N) is 1. The molecule has 1 amide bonds. The molecule has 4 aliphatic rings. The molecule has 5 heteroatoms. The zero-order chi connectivity index (χ0) is 13.7. The Balaban J connectivity index is 1.67. The van der Waals surface area contributed by atoms with Gasteiger partial charge in [0.2, 0.25) is 5.91 Å². The standard InChI is InChI=1S/C14H23N3OS/c1-13-3-9-2-10(4-13)6-14(5-9,8-13)7-11(18)16-17-12(15)19/h9-10H,2-8H2,1H3,(H,16,18)(H3,15,17,19). The van der Waals surface area contributed by atoms with Gasteiger partial charge >= 0.3 is 0 Å². The van der Waals surface area contributed by atoms with Crippen LogP contribution in [0.2, 0.25) is 0 Å². The van der Waals surface area contributed by atoms with E-state index < -0.39 is 0 Å². The van der Waals surface area contributed by atoms with Gasteiger partial charge in [-0.1, -0.05) is 6.92 Å². The Hall–Kier alpha value is -0.840. The largest absolute Gasteiger partial charge is 0.375 e. The minimum atomic E-state index is 0.0263. The van der Waals surface area contributed by atoms with Crippen molar-refractivity contribution in [1.29, 1.82) is 0 Å². The Labute approximate surface area is 119 Å². The molecule has 106 valence electrons. The molecule has 2 atom stereocenters. The van der Waals surface area contributed by atoms with E-state index in [1.165, 1.54) is 38.5 Å². The lowest BCUT2D eigenvalue weighted by atomic mass is 9.44. The van der Waals surface area contributed by atoms with Crippen LogP contribution >= 0.6 is 12.2 Å². The van der Waals surface area contributed by atoms with Gasteiger partial charge < -0.3 is 5.73 Å². The molecule has 2 unspecified atom stereocenters. The lowest BCUT2D eigenvalue weighted by molar-refractivity contribution is -0.136. The lowest BCUT2D eigenvalue weighted by Crippen LogP contribution is -2.53. The van der Waals surface area contributed by atoms with E-state index in [0.717, 1.165) is 11.8 Å². The van der Waals surface area contributed by atoms with Crippen molar-refractivity contribution >= 4 is 23.2 Å². The molecule has 19 heavy (non-hydrogen) atoms. The van der Waals surface area contributed by atoms with Crippen molar-refractivity contribution < 1.29 is 4.79 Å². The first-order valence-corrected chi connectivity index (χ1v) is 7.63. The maximum Gasteiger partial charge on any atom is 0.238 e. The number of rotatable bonds is 2. The van der Waals surface area contributed by atoms with E-state index in [0.29, 0.717) is 11.8 Å². The average Bonchev–Trinajstić information content (AvgIpc) is 2.21. The summed E-state index contributed by atoms with van der Waals surface area (Å²) >= 11 is 4.70. The average molecular weight is 281 g/mol. The van der Waals surface area contributed by atoms with Crippen molar-refractivity contribution in [3.05, 3.63) is 0 Å². The molecule has 4 nitrogen and oxygen atoms in total. The summed E-state index contributed by atoms with van der Waals surface area (Å²) in [6, 6.07) is 0. The fourth-order valence-corrected chi connectivity index (χ4v) is 5.70. The molecule has 0 aliphatic heterocycles. The minimum Gasteiger partial charge on any atom is -0.375 e. The van der Waals surface area contributed by atoms with E-state index in [1.807, 2.05) is 0 Å². The van der Waals surface area contributed by atoms with Gasteiger partial charge in [-0.05, 0) is 73.4 Å². The summed E-state index contributed by atoms with van der Waals surface area (Å²) < 4.78 is 0. The van der Waals surface area contributed by atoms with Crippen LogP contribution in [0.25, 0.3) is 0 Å². The topological polar surface area (TPSA) is 67.2 Å². The van der Waals surface area contributed by atoms with Crippen molar-refractivity contribution in [2.45, 2.75) is 51.9 Å². The SMILES string of the molecule is CC12CC3CC(C1)CC(CC(=O)NNC(N)=S)(C3)C2. The number of hydrogen-bond acceptors (Lipinski definition) is 2. The Morgan fingerprint density at radius 1 is 1.26 bits per heavy atom. The van der Waals surface area contributed by atoms with Gasteiger partial charge in [-0.3, -0.25) is 15.6 Å². The smallest absolute Gasteiger partial charge is 0.238 e. The maximum absolute atomic E-state index is 12.0. The predicted molar refractivity (Wildman–Crippen MR) is 77.9 cm³/mol. The van der Waals surface area contributed by atoms with Crippen LogP contribution in [0.3, 0.4) is 0 Å². The Morgan fingerprint density at radius 3 is 2.42 bits per heavy atom. The molecular formula is C14H23N3OS. The van der Waals surface area contributed by atoms with Crippen molar-refractivity contribution in [1.82, 2.24) is 10.9 Å². The number of carbonyl (C=O) groups is 1. The molecule has 4 fully saturated rings. The van der Waals surface area contributed by atoms with Crippen LogP contribution < -0.4 is 16.6 Å². The highest BCUT2D eigenvalue weighted by Gasteiger charge is 2.56.